The minimum atomic E-state index is -0.682. The van der Waals surface area contributed by atoms with Crippen LogP contribution < -0.4 is 10.5 Å². The minimum absolute atomic E-state index is 0.595. The third-order valence-electron chi connectivity index (χ3n) is 3.59. The smallest absolute Gasteiger partial charge is 0.134 e. The van der Waals surface area contributed by atoms with Gasteiger partial charge in [0.1, 0.15) is 11.5 Å². The summed E-state index contributed by atoms with van der Waals surface area (Å²) in [5, 5.41) is 0. The van der Waals surface area contributed by atoms with Gasteiger partial charge in [0.05, 0.1) is 5.54 Å². The summed E-state index contributed by atoms with van der Waals surface area (Å²) in [6.07, 6.45) is 8.25. The van der Waals surface area contributed by atoms with E-state index in [0.29, 0.717) is 6.42 Å². The Labute approximate surface area is 125 Å². The van der Waals surface area contributed by atoms with E-state index in [1.807, 2.05) is 55.5 Å². The van der Waals surface area contributed by atoms with Crippen molar-refractivity contribution in [2.75, 3.05) is 0 Å². The minimum Gasteiger partial charge on any atom is -0.456 e. The normalized spacial score (nSPS) is 15.4. The fourth-order valence-electron chi connectivity index (χ4n) is 2.49. The first-order valence-electron chi connectivity index (χ1n) is 6.92. The summed E-state index contributed by atoms with van der Waals surface area (Å²) in [5.74, 6) is 4.34. The highest BCUT2D eigenvalue weighted by atomic mass is 16.5. The van der Waals surface area contributed by atoms with E-state index in [0.717, 1.165) is 28.2 Å². The lowest BCUT2D eigenvalue weighted by atomic mass is 9.89. The van der Waals surface area contributed by atoms with Crippen LogP contribution in [0.15, 0.2) is 48.5 Å². The van der Waals surface area contributed by atoms with Crippen molar-refractivity contribution in [3.8, 4) is 23.8 Å². The summed E-state index contributed by atoms with van der Waals surface area (Å²) in [4.78, 5) is 0. The van der Waals surface area contributed by atoms with Gasteiger partial charge in [0.25, 0.3) is 0 Å². The first kappa shape index (κ1) is 13.5. The van der Waals surface area contributed by atoms with Crippen LogP contribution in [0.4, 0.5) is 0 Å². The number of ether oxygens (including phenoxy) is 1. The molecule has 2 aromatic carbocycles. The fraction of sp³-hybridized carbons (Fsp3) is 0.158. The molecule has 0 radical (unpaired) electrons. The molecular formula is C19H17NO. The van der Waals surface area contributed by atoms with E-state index in [1.165, 1.54) is 0 Å². The van der Waals surface area contributed by atoms with Crippen LogP contribution >= 0.6 is 0 Å². The van der Waals surface area contributed by atoms with Crippen molar-refractivity contribution in [1.29, 1.82) is 0 Å². The van der Waals surface area contributed by atoms with Crippen LogP contribution in [-0.2, 0) is 0 Å². The summed E-state index contributed by atoms with van der Waals surface area (Å²) in [6, 6.07) is 15.9. The maximum absolute atomic E-state index is 6.16. The summed E-state index contributed by atoms with van der Waals surface area (Å²) < 4.78 is 6.04. The first-order valence-corrected chi connectivity index (χ1v) is 6.92. The number of hydrogen-bond donors (Lipinski definition) is 1. The van der Waals surface area contributed by atoms with Crippen LogP contribution in [-0.4, -0.2) is 5.54 Å². The van der Waals surface area contributed by atoms with Gasteiger partial charge in [-0.05, 0) is 30.7 Å². The molecule has 0 aromatic heterocycles. The van der Waals surface area contributed by atoms with Crippen LogP contribution in [0.25, 0.3) is 11.6 Å². The third kappa shape index (κ3) is 2.69. The van der Waals surface area contributed by atoms with E-state index in [1.54, 1.807) is 0 Å². The molecule has 0 fully saturated rings. The van der Waals surface area contributed by atoms with Gasteiger partial charge in [0, 0.05) is 17.5 Å². The largest absolute Gasteiger partial charge is 0.456 e. The number of rotatable bonds is 2. The zero-order chi connectivity index (χ0) is 14.9. The zero-order valence-electron chi connectivity index (χ0n) is 12.0. The van der Waals surface area contributed by atoms with Gasteiger partial charge in [-0.15, -0.1) is 6.42 Å². The molecule has 0 aliphatic carbocycles. The van der Waals surface area contributed by atoms with Crippen LogP contribution in [0.2, 0.25) is 0 Å². The van der Waals surface area contributed by atoms with Crippen molar-refractivity contribution in [3.63, 3.8) is 0 Å². The Balaban J connectivity index is 2.16. The van der Waals surface area contributed by atoms with Gasteiger partial charge >= 0.3 is 0 Å². The molecule has 1 aliphatic rings. The SMILES string of the molecule is C#CC(C)(N)CC1=Cc2ccccc2Oc2ccccc21. The van der Waals surface area contributed by atoms with E-state index in [4.69, 9.17) is 16.9 Å². The molecule has 1 atom stereocenters. The molecule has 2 N–H and O–H groups in total. The Hall–Kier alpha value is -2.50. The molecule has 0 spiro atoms. The van der Waals surface area contributed by atoms with Gasteiger partial charge in [-0.2, -0.15) is 0 Å². The van der Waals surface area contributed by atoms with Crippen molar-refractivity contribution in [1.82, 2.24) is 0 Å². The van der Waals surface area contributed by atoms with E-state index in [9.17, 15) is 0 Å². The molecular weight excluding hydrogens is 258 g/mol. The molecule has 2 heteroatoms. The molecule has 1 unspecified atom stereocenters. The highest BCUT2D eigenvalue weighted by Gasteiger charge is 2.22. The fourth-order valence-corrected chi connectivity index (χ4v) is 2.49. The lowest BCUT2D eigenvalue weighted by Gasteiger charge is -2.20. The average Bonchev–Trinajstić information content (AvgIpc) is 2.63. The number of fused-ring (bicyclic) bond motifs is 2. The number of hydrogen-bond acceptors (Lipinski definition) is 2. The Morgan fingerprint density at radius 3 is 2.52 bits per heavy atom. The molecule has 0 saturated carbocycles. The predicted molar refractivity (Wildman–Crippen MR) is 86.9 cm³/mol. The summed E-state index contributed by atoms with van der Waals surface area (Å²) in [7, 11) is 0. The van der Waals surface area contributed by atoms with Crippen molar-refractivity contribution >= 4 is 11.6 Å². The molecule has 1 aliphatic heterocycles. The molecule has 104 valence electrons. The van der Waals surface area contributed by atoms with E-state index < -0.39 is 5.54 Å². The molecule has 2 nitrogen and oxygen atoms in total. The summed E-state index contributed by atoms with van der Waals surface area (Å²) >= 11 is 0. The lowest BCUT2D eigenvalue weighted by molar-refractivity contribution is 0.481. The van der Waals surface area contributed by atoms with Crippen LogP contribution in [0.5, 0.6) is 11.5 Å². The molecule has 21 heavy (non-hydrogen) atoms. The highest BCUT2D eigenvalue weighted by molar-refractivity contribution is 5.87. The highest BCUT2D eigenvalue weighted by Crippen LogP contribution is 2.40. The van der Waals surface area contributed by atoms with Gasteiger partial charge in [-0.1, -0.05) is 42.3 Å². The zero-order valence-corrected chi connectivity index (χ0v) is 12.0. The van der Waals surface area contributed by atoms with Gasteiger partial charge in [-0.3, -0.25) is 0 Å². The standard InChI is InChI=1S/C19H17NO/c1-3-19(2,20)13-15-12-14-8-4-6-10-17(14)21-18-11-7-5-9-16(15)18/h1,4-12H,13,20H2,2H3. The molecule has 0 bridgehead atoms. The van der Waals surface area contributed by atoms with Crippen LogP contribution in [0.3, 0.4) is 0 Å². The molecule has 0 saturated heterocycles. The van der Waals surface area contributed by atoms with Gasteiger partial charge in [0.2, 0.25) is 0 Å². The molecule has 2 aromatic rings. The van der Waals surface area contributed by atoms with Crippen molar-refractivity contribution in [2.45, 2.75) is 18.9 Å². The van der Waals surface area contributed by atoms with E-state index in [-0.39, 0.29) is 0 Å². The Morgan fingerprint density at radius 1 is 1.10 bits per heavy atom. The van der Waals surface area contributed by atoms with Gasteiger partial charge in [-0.25, -0.2) is 0 Å². The quantitative estimate of drug-likeness (QED) is 0.838. The van der Waals surface area contributed by atoms with E-state index in [2.05, 4.69) is 12.0 Å². The van der Waals surface area contributed by atoms with E-state index >= 15 is 0 Å². The second-order valence-electron chi connectivity index (χ2n) is 5.54. The Kier molecular flexibility index (Phi) is 3.29. The van der Waals surface area contributed by atoms with Gasteiger partial charge < -0.3 is 10.5 Å². The maximum Gasteiger partial charge on any atom is 0.134 e. The van der Waals surface area contributed by atoms with Crippen LogP contribution in [0, 0.1) is 12.3 Å². The first-order chi connectivity index (χ1) is 10.1. The van der Waals surface area contributed by atoms with Crippen molar-refractivity contribution in [2.24, 2.45) is 5.73 Å². The maximum atomic E-state index is 6.16. The number of nitrogens with two attached hydrogens (primary N) is 1. The molecule has 0 amide bonds. The second kappa shape index (κ2) is 5.12. The van der Waals surface area contributed by atoms with Crippen LogP contribution in [0.1, 0.15) is 24.5 Å². The summed E-state index contributed by atoms with van der Waals surface area (Å²) in [5.41, 5.74) is 8.65. The van der Waals surface area contributed by atoms with Crippen molar-refractivity contribution < 1.29 is 4.74 Å². The number of para-hydroxylation sites is 2. The lowest BCUT2D eigenvalue weighted by Crippen LogP contribution is -2.34. The van der Waals surface area contributed by atoms with Gasteiger partial charge in [0.15, 0.2) is 0 Å². The topological polar surface area (TPSA) is 35.2 Å². The van der Waals surface area contributed by atoms with Crippen molar-refractivity contribution in [3.05, 3.63) is 59.7 Å². The molecule has 3 rings (SSSR count). The Morgan fingerprint density at radius 2 is 1.76 bits per heavy atom. The predicted octanol–water partition coefficient (Wildman–Crippen LogP) is 4.07. The monoisotopic (exact) mass is 275 g/mol. The summed E-state index contributed by atoms with van der Waals surface area (Å²) in [6.45, 7) is 1.87. The Bertz CT molecular complexity index is 750. The second-order valence-corrected chi connectivity index (χ2v) is 5.54. The average molecular weight is 275 g/mol. The third-order valence-corrected chi connectivity index (χ3v) is 3.59. The molecule has 1 heterocycles. The number of terminal acetylenes is 1. The number of benzene rings is 2.